The van der Waals surface area contributed by atoms with E-state index < -0.39 is 36.8 Å². The van der Waals surface area contributed by atoms with Gasteiger partial charge in [0.15, 0.2) is 0 Å². The Bertz CT molecular complexity index is 783. The molecule has 1 saturated heterocycles. The van der Waals surface area contributed by atoms with Crippen LogP contribution in [0.4, 0.5) is 4.79 Å². The highest BCUT2D eigenvalue weighted by molar-refractivity contribution is 6.31. The van der Waals surface area contributed by atoms with Crippen LogP contribution in [0.2, 0.25) is 5.02 Å². The van der Waals surface area contributed by atoms with Crippen LogP contribution in [-0.4, -0.2) is 40.6 Å². The van der Waals surface area contributed by atoms with Crippen molar-refractivity contribution in [2.45, 2.75) is 51.3 Å². The molecule has 1 fully saturated rings. The Balaban J connectivity index is 2.51. The molecule has 0 unspecified atom stereocenters. The van der Waals surface area contributed by atoms with Gasteiger partial charge in [0.05, 0.1) is 19.9 Å². The van der Waals surface area contributed by atoms with Gasteiger partial charge >= 0.3 is 12.1 Å². The number of likely N-dealkylation sites (tertiary alicyclic amines) is 1. The number of nitrogens with zero attached hydrogens (tertiary/aromatic N) is 2. The lowest BCUT2D eigenvalue weighted by molar-refractivity contribution is -0.146. The van der Waals surface area contributed by atoms with Crippen LogP contribution in [0.1, 0.15) is 52.1 Å². The van der Waals surface area contributed by atoms with Crippen LogP contribution in [0, 0.1) is 0 Å². The molecule has 0 bridgehead atoms. The van der Waals surface area contributed by atoms with Crippen LogP contribution < -0.4 is 0 Å². The molecule has 0 radical (unpaired) electrons. The minimum Gasteiger partial charge on any atom is -0.467 e. The SMILES string of the molecule is [2H]c1cncc([C@@H]2CC[C@]([2H])(C(=O)OC([2H])([2H])[2H])N2C(=O)OC(C)(C)C)c1Cl. The van der Waals surface area contributed by atoms with E-state index in [2.05, 4.69) is 9.72 Å². The van der Waals surface area contributed by atoms with Crippen LogP contribution in [-0.2, 0) is 14.3 Å². The maximum atomic E-state index is 12.9. The van der Waals surface area contributed by atoms with E-state index in [1.165, 1.54) is 12.4 Å². The van der Waals surface area contributed by atoms with E-state index in [1.54, 1.807) is 20.8 Å². The molecule has 7 heteroatoms. The Morgan fingerprint density at radius 3 is 2.91 bits per heavy atom. The van der Waals surface area contributed by atoms with Crippen LogP contribution in [0.15, 0.2) is 18.4 Å². The first kappa shape index (κ1) is 11.7. The molecule has 1 aliphatic heterocycles. The third-order valence-electron chi connectivity index (χ3n) is 3.27. The van der Waals surface area contributed by atoms with Gasteiger partial charge in [0.25, 0.3) is 0 Å². The molecule has 0 N–H and O–H groups in total. The van der Waals surface area contributed by atoms with E-state index >= 15 is 0 Å². The smallest absolute Gasteiger partial charge is 0.411 e. The number of hydrogen-bond acceptors (Lipinski definition) is 5. The number of hydrogen-bond donors (Lipinski definition) is 0. The van der Waals surface area contributed by atoms with Crippen molar-refractivity contribution in [1.29, 1.82) is 0 Å². The van der Waals surface area contributed by atoms with E-state index in [0.29, 0.717) is 0 Å². The maximum Gasteiger partial charge on any atom is 0.411 e. The fourth-order valence-electron chi connectivity index (χ4n) is 2.40. The Morgan fingerprint density at radius 1 is 1.52 bits per heavy atom. The van der Waals surface area contributed by atoms with Crippen molar-refractivity contribution < 1.29 is 25.9 Å². The molecule has 0 saturated carbocycles. The average Bonchev–Trinajstić information content (AvgIpc) is 2.85. The summed E-state index contributed by atoms with van der Waals surface area (Å²) in [5.41, 5.74) is -0.672. The first-order valence-corrected chi connectivity index (χ1v) is 7.39. The summed E-state index contributed by atoms with van der Waals surface area (Å²) in [7, 11) is -3.07. The van der Waals surface area contributed by atoms with Gasteiger partial charge < -0.3 is 9.47 Å². The largest absolute Gasteiger partial charge is 0.467 e. The molecule has 0 spiro atoms. The highest BCUT2D eigenvalue weighted by Crippen LogP contribution is 2.39. The zero-order valence-electron chi connectivity index (χ0n) is 18.1. The summed E-state index contributed by atoms with van der Waals surface area (Å²) in [5, 5.41) is 0.0157. The number of amides is 1. The van der Waals surface area contributed by atoms with E-state index in [0.717, 1.165) is 4.90 Å². The lowest BCUT2D eigenvalue weighted by Crippen LogP contribution is -2.45. The topological polar surface area (TPSA) is 68.7 Å². The zero-order chi connectivity index (χ0) is 21.5. The van der Waals surface area contributed by atoms with Gasteiger partial charge in [-0.05, 0) is 39.7 Å². The lowest BCUT2D eigenvalue weighted by Gasteiger charge is -2.31. The molecule has 2 atom stereocenters. The summed E-state index contributed by atoms with van der Waals surface area (Å²) in [6, 6.07) is -3.33. The van der Waals surface area contributed by atoms with Crippen molar-refractivity contribution in [2.75, 3.05) is 7.04 Å². The number of methoxy groups -OCH3 is 1. The number of esters is 1. The summed E-state index contributed by atoms with van der Waals surface area (Å²) in [6.45, 7) is 4.84. The second-order valence-electron chi connectivity index (χ2n) is 6.06. The number of pyridine rings is 1. The van der Waals surface area contributed by atoms with Crippen molar-refractivity contribution in [3.8, 4) is 0 Å². The third-order valence-corrected chi connectivity index (χ3v) is 3.59. The fraction of sp³-hybridized carbons (Fsp3) is 0.562. The molecule has 0 aliphatic carbocycles. The van der Waals surface area contributed by atoms with Gasteiger partial charge in [-0.25, -0.2) is 9.59 Å². The van der Waals surface area contributed by atoms with Gasteiger partial charge in [0.2, 0.25) is 0 Å². The number of rotatable bonds is 2. The molecule has 23 heavy (non-hydrogen) atoms. The number of ether oxygens (including phenoxy) is 2. The first-order valence-electron chi connectivity index (χ1n) is 9.51. The molecule has 2 rings (SSSR count). The molecule has 126 valence electrons. The standard InChI is InChI=1S/C16H21ClN2O4/c1-16(2,3)23-15(21)19-12(5-6-13(19)14(20)22-4)10-9-18-8-7-11(10)17/h7-9,12-13H,5-6H2,1-4H3/t12-,13+/m0/s1/i4D3,7D,13D. The van der Waals surface area contributed by atoms with Gasteiger partial charge in [-0.3, -0.25) is 9.88 Å². The average molecular weight is 346 g/mol. The molecule has 1 aromatic rings. The maximum absolute atomic E-state index is 12.9. The molecule has 1 aliphatic rings. The zero-order valence-corrected chi connectivity index (χ0v) is 13.8. The number of halogens is 1. The number of aromatic nitrogens is 1. The molecular formula is C16H21ClN2O4. The Hall–Kier alpha value is -1.82. The van der Waals surface area contributed by atoms with Gasteiger partial charge in [0.1, 0.15) is 11.6 Å². The van der Waals surface area contributed by atoms with E-state index in [1.807, 2.05) is 0 Å². The summed E-state index contributed by atoms with van der Waals surface area (Å²) in [4.78, 5) is 30.0. The van der Waals surface area contributed by atoms with Crippen LogP contribution in [0.3, 0.4) is 0 Å². The second-order valence-corrected chi connectivity index (χ2v) is 6.44. The van der Waals surface area contributed by atoms with E-state index in [9.17, 15) is 9.59 Å². The lowest BCUT2D eigenvalue weighted by atomic mass is 10.1. The van der Waals surface area contributed by atoms with Gasteiger partial charge in [-0.15, -0.1) is 0 Å². The molecular weight excluding hydrogens is 320 g/mol. The van der Waals surface area contributed by atoms with Crippen molar-refractivity contribution in [3.63, 3.8) is 0 Å². The van der Waals surface area contributed by atoms with Crippen molar-refractivity contribution in [1.82, 2.24) is 9.88 Å². The Labute approximate surface area is 147 Å². The summed E-state index contributed by atoms with van der Waals surface area (Å²) in [5.74, 6) is -1.40. The van der Waals surface area contributed by atoms with Crippen molar-refractivity contribution in [3.05, 3.63) is 29.0 Å². The summed E-state index contributed by atoms with van der Waals surface area (Å²) < 4.78 is 47.5. The molecule has 0 aromatic carbocycles. The summed E-state index contributed by atoms with van der Waals surface area (Å²) in [6.07, 6.45) is 1.45. The quantitative estimate of drug-likeness (QED) is 0.769. The number of carbonyl (C=O) groups excluding carboxylic acids is 2. The van der Waals surface area contributed by atoms with Gasteiger partial charge in [0, 0.05) is 23.0 Å². The summed E-state index contributed by atoms with van der Waals surface area (Å²) >= 11 is 6.18. The normalized spacial score (nSPS) is 28.1. The van der Waals surface area contributed by atoms with E-state index in [-0.39, 0.29) is 29.5 Å². The highest BCUT2D eigenvalue weighted by Gasteiger charge is 2.44. The van der Waals surface area contributed by atoms with Crippen LogP contribution in [0.5, 0.6) is 0 Å². The molecule has 2 heterocycles. The second kappa shape index (κ2) is 6.74. The van der Waals surface area contributed by atoms with Crippen LogP contribution in [0.25, 0.3) is 0 Å². The van der Waals surface area contributed by atoms with Crippen molar-refractivity contribution >= 4 is 23.7 Å². The monoisotopic (exact) mass is 345 g/mol. The van der Waals surface area contributed by atoms with Crippen molar-refractivity contribution in [2.24, 2.45) is 0 Å². The Kier molecular flexibility index (Phi) is 3.42. The predicted octanol–water partition coefficient (Wildman–Crippen LogP) is 3.35. The highest BCUT2D eigenvalue weighted by atomic mass is 35.5. The predicted molar refractivity (Wildman–Crippen MR) is 85.1 cm³/mol. The minimum absolute atomic E-state index is 0.0157. The van der Waals surface area contributed by atoms with Gasteiger partial charge in [-0.1, -0.05) is 11.6 Å². The van der Waals surface area contributed by atoms with Crippen LogP contribution >= 0.6 is 11.6 Å². The molecule has 1 amide bonds. The van der Waals surface area contributed by atoms with Gasteiger partial charge in [-0.2, -0.15) is 0 Å². The van der Waals surface area contributed by atoms with E-state index in [4.69, 9.17) is 23.2 Å². The fourth-order valence-corrected chi connectivity index (χ4v) is 2.62. The molecule has 6 nitrogen and oxygen atoms in total. The Morgan fingerprint density at radius 2 is 2.26 bits per heavy atom. The minimum atomic E-state index is -3.07. The first-order chi connectivity index (χ1) is 12.7. The molecule has 1 aromatic heterocycles. The third kappa shape index (κ3) is 3.93. The number of carbonyl (C=O) groups is 2.